The Morgan fingerprint density at radius 2 is 1.90 bits per heavy atom. The Kier molecular flexibility index (Phi) is 4.36. The monoisotopic (exact) mass is 413 g/mol. The number of aromatic nitrogens is 6. The number of aryl methyl sites for hydroxylation is 2. The number of rotatable bonds is 4. The van der Waals surface area contributed by atoms with E-state index in [1.165, 1.54) is 21.8 Å². The van der Waals surface area contributed by atoms with Crippen molar-refractivity contribution in [2.75, 3.05) is 5.32 Å². The summed E-state index contributed by atoms with van der Waals surface area (Å²) < 4.78 is 4.64. The van der Waals surface area contributed by atoms with Crippen molar-refractivity contribution in [2.24, 2.45) is 7.05 Å². The molecule has 4 heterocycles. The van der Waals surface area contributed by atoms with E-state index in [1.807, 2.05) is 60.0 Å². The number of pyridine rings is 1. The predicted octanol–water partition coefficient (Wildman–Crippen LogP) is 2.39. The highest BCUT2D eigenvalue weighted by Gasteiger charge is 2.18. The van der Waals surface area contributed by atoms with Crippen molar-refractivity contribution in [1.82, 2.24) is 28.7 Å². The van der Waals surface area contributed by atoms with Gasteiger partial charge in [-0.15, -0.1) is 0 Å². The van der Waals surface area contributed by atoms with Crippen molar-refractivity contribution >= 4 is 28.4 Å². The minimum absolute atomic E-state index is 0.177. The number of carbonyl (C=O) groups excluding carboxylic acids is 1. The minimum Gasteiger partial charge on any atom is -0.308 e. The molecule has 0 aliphatic carbocycles. The van der Waals surface area contributed by atoms with Gasteiger partial charge in [0.2, 0.25) is 5.91 Å². The zero-order valence-electron chi connectivity index (χ0n) is 17.0. The molecule has 5 rings (SSSR count). The lowest BCUT2D eigenvalue weighted by molar-refractivity contribution is -0.116. The number of benzene rings is 1. The number of hydrogen-bond donors (Lipinski definition) is 1. The fraction of sp³-hybridized carbons (Fsp3) is 0.136. The molecule has 1 amide bonds. The smallest absolute Gasteiger partial charge is 0.264 e. The first-order valence-corrected chi connectivity index (χ1v) is 9.73. The number of nitrogens with zero attached hydrogens (tertiary/aromatic N) is 6. The molecule has 9 nitrogen and oxygen atoms in total. The first kappa shape index (κ1) is 18.7. The molecule has 0 unspecified atom stereocenters. The molecule has 0 atom stereocenters. The van der Waals surface area contributed by atoms with E-state index in [9.17, 15) is 9.59 Å². The number of fused-ring (bicyclic) bond motifs is 2. The molecule has 9 heteroatoms. The lowest BCUT2D eigenvalue weighted by atomic mass is 10.1. The number of amides is 1. The van der Waals surface area contributed by atoms with E-state index in [1.54, 1.807) is 7.05 Å². The number of imidazole rings is 1. The molecule has 1 aromatic carbocycles. The summed E-state index contributed by atoms with van der Waals surface area (Å²) in [7, 11) is 1.71. The molecule has 0 radical (unpaired) electrons. The van der Waals surface area contributed by atoms with Crippen LogP contribution in [0.15, 0.2) is 66.0 Å². The predicted molar refractivity (Wildman–Crippen MR) is 117 cm³/mol. The second kappa shape index (κ2) is 7.21. The van der Waals surface area contributed by atoms with Crippen molar-refractivity contribution in [3.05, 3.63) is 77.1 Å². The summed E-state index contributed by atoms with van der Waals surface area (Å²) in [6.45, 7) is 1.79. The first-order chi connectivity index (χ1) is 15.0. The second-order valence-electron chi connectivity index (χ2n) is 7.29. The van der Waals surface area contributed by atoms with Gasteiger partial charge in [0.25, 0.3) is 5.56 Å². The van der Waals surface area contributed by atoms with Gasteiger partial charge in [0.05, 0.1) is 6.20 Å². The zero-order valence-corrected chi connectivity index (χ0v) is 17.0. The van der Waals surface area contributed by atoms with Crippen LogP contribution in [0.25, 0.3) is 27.9 Å². The van der Waals surface area contributed by atoms with E-state index in [2.05, 4.69) is 15.4 Å². The Bertz CT molecular complexity index is 1500. The van der Waals surface area contributed by atoms with Crippen LogP contribution in [0.1, 0.15) is 5.56 Å². The number of hydrogen-bond acceptors (Lipinski definition) is 5. The highest BCUT2D eigenvalue weighted by atomic mass is 16.2. The van der Waals surface area contributed by atoms with Crippen LogP contribution in [0.5, 0.6) is 0 Å². The second-order valence-corrected chi connectivity index (χ2v) is 7.29. The summed E-state index contributed by atoms with van der Waals surface area (Å²) in [5, 5.41) is 7.36. The van der Waals surface area contributed by atoms with E-state index in [-0.39, 0.29) is 18.0 Å². The molecular formula is C22H19N7O2. The van der Waals surface area contributed by atoms with Crippen LogP contribution in [-0.2, 0) is 18.4 Å². The molecule has 0 spiro atoms. The highest BCUT2D eigenvalue weighted by Crippen LogP contribution is 2.29. The molecular weight excluding hydrogens is 394 g/mol. The summed E-state index contributed by atoms with van der Waals surface area (Å²) >= 11 is 0. The van der Waals surface area contributed by atoms with E-state index in [4.69, 9.17) is 4.98 Å². The first-order valence-electron chi connectivity index (χ1n) is 9.73. The van der Waals surface area contributed by atoms with Crippen LogP contribution in [0, 0.1) is 6.92 Å². The Hall–Kier alpha value is -4.27. The van der Waals surface area contributed by atoms with Gasteiger partial charge in [0.15, 0.2) is 5.65 Å². The molecule has 31 heavy (non-hydrogen) atoms. The fourth-order valence-electron chi connectivity index (χ4n) is 3.63. The van der Waals surface area contributed by atoms with Crippen molar-refractivity contribution < 1.29 is 4.79 Å². The van der Waals surface area contributed by atoms with Gasteiger partial charge in [0.1, 0.15) is 35.4 Å². The van der Waals surface area contributed by atoms with Crippen LogP contribution in [-0.4, -0.2) is 34.6 Å². The molecule has 0 aliphatic heterocycles. The van der Waals surface area contributed by atoms with E-state index < -0.39 is 0 Å². The molecule has 154 valence electrons. The molecule has 5 aromatic rings. The molecule has 0 saturated carbocycles. The van der Waals surface area contributed by atoms with Gasteiger partial charge in [-0.25, -0.2) is 9.97 Å². The Balaban J connectivity index is 1.53. The van der Waals surface area contributed by atoms with Crippen LogP contribution >= 0.6 is 0 Å². The zero-order chi connectivity index (χ0) is 21.5. The van der Waals surface area contributed by atoms with E-state index >= 15 is 0 Å². The SMILES string of the molecule is Cc1cccn2c(NC(=O)Cn3cnc4c(cnn4C)c3=O)c(-c3ccccc3)nc12. The fourth-order valence-corrected chi connectivity index (χ4v) is 3.63. The van der Waals surface area contributed by atoms with Gasteiger partial charge in [-0.1, -0.05) is 36.4 Å². The van der Waals surface area contributed by atoms with Gasteiger partial charge in [-0.2, -0.15) is 5.10 Å². The molecule has 0 saturated heterocycles. The van der Waals surface area contributed by atoms with Gasteiger partial charge in [-0.05, 0) is 18.6 Å². The topological polar surface area (TPSA) is 99.1 Å². The Morgan fingerprint density at radius 1 is 1.10 bits per heavy atom. The summed E-state index contributed by atoms with van der Waals surface area (Å²) in [5.41, 5.74) is 3.46. The van der Waals surface area contributed by atoms with E-state index in [0.29, 0.717) is 22.5 Å². The minimum atomic E-state index is -0.354. The maximum atomic E-state index is 12.9. The standard InChI is InChI=1S/C22H19N7O2/c1-14-7-6-10-29-19(14)26-18(15-8-4-3-5-9-15)21(29)25-17(30)12-28-13-23-20-16(22(28)31)11-24-27(20)2/h3-11,13H,12H2,1-2H3,(H,25,30). The lowest BCUT2D eigenvalue weighted by Gasteiger charge is -2.09. The number of nitrogens with one attached hydrogen (secondary N) is 1. The third-order valence-electron chi connectivity index (χ3n) is 5.18. The van der Waals surface area contributed by atoms with Gasteiger partial charge in [0, 0.05) is 18.8 Å². The van der Waals surface area contributed by atoms with Gasteiger partial charge >= 0.3 is 0 Å². The average Bonchev–Trinajstić information content (AvgIpc) is 3.33. The van der Waals surface area contributed by atoms with Crippen LogP contribution in [0.3, 0.4) is 0 Å². The Morgan fingerprint density at radius 3 is 2.71 bits per heavy atom. The summed E-state index contributed by atoms with van der Waals surface area (Å²) in [6.07, 6.45) is 4.68. The molecule has 0 aliphatic rings. The third-order valence-corrected chi connectivity index (χ3v) is 5.18. The average molecular weight is 413 g/mol. The molecule has 1 N–H and O–H groups in total. The maximum absolute atomic E-state index is 12.9. The lowest BCUT2D eigenvalue weighted by Crippen LogP contribution is -2.28. The van der Waals surface area contributed by atoms with Crippen molar-refractivity contribution in [2.45, 2.75) is 13.5 Å². The maximum Gasteiger partial charge on any atom is 0.264 e. The van der Waals surface area contributed by atoms with Crippen LogP contribution in [0.4, 0.5) is 5.82 Å². The van der Waals surface area contributed by atoms with E-state index in [0.717, 1.165) is 16.8 Å². The van der Waals surface area contributed by atoms with Gasteiger partial charge < -0.3 is 5.32 Å². The van der Waals surface area contributed by atoms with Crippen molar-refractivity contribution in [3.8, 4) is 11.3 Å². The molecule has 0 fully saturated rings. The normalized spacial score (nSPS) is 11.3. The molecule has 4 aromatic heterocycles. The molecule has 0 bridgehead atoms. The van der Waals surface area contributed by atoms with Gasteiger partial charge in [-0.3, -0.25) is 23.2 Å². The highest BCUT2D eigenvalue weighted by molar-refractivity contribution is 5.94. The van der Waals surface area contributed by atoms with Crippen molar-refractivity contribution in [3.63, 3.8) is 0 Å². The Labute approximate surface area is 176 Å². The summed E-state index contributed by atoms with van der Waals surface area (Å²) in [5.74, 6) is 0.200. The van der Waals surface area contributed by atoms with Crippen LogP contribution in [0.2, 0.25) is 0 Å². The van der Waals surface area contributed by atoms with Crippen molar-refractivity contribution in [1.29, 1.82) is 0 Å². The quantitative estimate of drug-likeness (QED) is 0.488. The number of carbonyl (C=O) groups is 1. The van der Waals surface area contributed by atoms with Crippen LogP contribution < -0.4 is 10.9 Å². The number of anilines is 1. The summed E-state index contributed by atoms with van der Waals surface area (Å²) in [6, 6.07) is 13.5. The third kappa shape index (κ3) is 3.16. The largest absolute Gasteiger partial charge is 0.308 e. The summed E-state index contributed by atoms with van der Waals surface area (Å²) in [4.78, 5) is 34.6.